The summed E-state index contributed by atoms with van der Waals surface area (Å²) in [6.45, 7) is 5.73. The molecule has 4 heteroatoms. The molecule has 0 saturated carbocycles. The highest BCUT2D eigenvalue weighted by Gasteiger charge is 2.36. The van der Waals surface area contributed by atoms with Gasteiger partial charge >= 0.3 is 0 Å². The van der Waals surface area contributed by atoms with Crippen LogP contribution < -0.4 is 4.90 Å². The van der Waals surface area contributed by atoms with Crippen LogP contribution in [0.1, 0.15) is 32.3 Å². The molecule has 1 saturated heterocycles. The number of amides is 1. The number of piperidine rings is 1. The van der Waals surface area contributed by atoms with Gasteiger partial charge in [0.25, 0.3) is 0 Å². The van der Waals surface area contributed by atoms with Crippen molar-refractivity contribution in [3.05, 3.63) is 29.6 Å². The maximum atomic E-state index is 14.2. The van der Waals surface area contributed by atoms with Crippen LogP contribution in [0.5, 0.6) is 0 Å². The number of hydrogen-bond acceptors (Lipinski definition) is 2. The van der Waals surface area contributed by atoms with Crippen molar-refractivity contribution < 1.29 is 14.0 Å². The minimum absolute atomic E-state index is 0.0484. The zero-order valence-corrected chi connectivity index (χ0v) is 12.1. The minimum atomic E-state index is -0.622. The summed E-state index contributed by atoms with van der Waals surface area (Å²) in [5.41, 5.74) is 0.795. The largest absolute Gasteiger partial charge is 0.309 e. The Balaban J connectivity index is 2.31. The smallest absolute Gasteiger partial charge is 0.237 e. The Kier molecular flexibility index (Phi) is 4.21. The quantitative estimate of drug-likeness (QED) is 0.796. The van der Waals surface area contributed by atoms with Gasteiger partial charge in [0.15, 0.2) is 0 Å². The van der Waals surface area contributed by atoms with Gasteiger partial charge in [-0.25, -0.2) is 4.39 Å². The van der Waals surface area contributed by atoms with Crippen LogP contribution >= 0.6 is 0 Å². The highest BCUT2D eigenvalue weighted by molar-refractivity contribution is 6.09. The summed E-state index contributed by atoms with van der Waals surface area (Å²) >= 11 is 0. The topological polar surface area (TPSA) is 37.4 Å². The molecule has 1 aromatic carbocycles. The van der Waals surface area contributed by atoms with Crippen molar-refractivity contribution in [2.24, 2.45) is 11.8 Å². The van der Waals surface area contributed by atoms with Gasteiger partial charge in [0.2, 0.25) is 5.91 Å². The molecular weight excluding hydrogens is 257 g/mol. The van der Waals surface area contributed by atoms with E-state index in [-0.39, 0.29) is 29.1 Å². The summed E-state index contributed by atoms with van der Waals surface area (Å²) in [5, 5.41) is 0. The van der Waals surface area contributed by atoms with Gasteiger partial charge in [-0.2, -0.15) is 0 Å². The van der Waals surface area contributed by atoms with Crippen molar-refractivity contribution in [2.75, 3.05) is 11.4 Å². The molecule has 0 N–H and O–H groups in total. The van der Waals surface area contributed by atoms with Gasteiger partial charge in [0, 0.05) is 12.5 Å². The summed E-state index contributed by atoms with van der Waals surface area (Å²) < 4.78 is 14.2. The lowest BCUT2D eigenvalue weighted by Crippen LogP contribution is -2.45. The maximum absolute atomic E-state index is 14.2. The molecule has 0 aromatic heterocycles. The van der Waals surface area contributed by atoms with Gasteiger partial charge in [-0.1, -0.05) is 26.0 Å². The summed E-state index contributed by atoms with van der Waals surface area (Å²) in [4.78, 5) is 26.0. The average molecular weight is 277 g/mol. The fourth-order valence-electron chi connectivity index (χ4n) is 2.62. The number of carbonyl (C=O) groups excluding carboxylic acids is 2. The Morgan fingerprint density at radius 3 is 2.75 bits per heavy atom. The lowest BCUT2D eigenvalue weighted by atomic mass is 9.87. The zero-order valence-electron chi connectivity index (χ0n) is 12.1. The first-order valence-corrected chi connectivity index (χ1v) is 7.03. The van der Waals surface area contributed by atoms with E-state index in [4.69, 9.17) is 0 Å². The standard InChI is InChI=1S/C16H20FNO2/c1-10(2)15(19)12-7-5-9-18(16(12)20)13-8-4-6-11(3)14(13)17/h4,6,8,10,12H,5,7,9H2,1-3H3/t12-/m0/s1. The molecule has 0 unspecified atom stereocenters. The Hall–Kier alpha value is -1.71. The number of Topliss-reactive ketones (excluding diaryl/α,β-unsaturated/α-hetero) is 1. The molecule has 1 aliphatic rings. The van der Waals surface area contributed by atoms with Gasteiger partial charge < -0.3 is 4.90 Å². The summed E-state index contributed by atoms with van der Waals surface area (Å²) in [6, 6.07) is 5.00. The number of carbonyl (C=O) groups is 2. The minimum Gasteiger partial charge on any atom is -0.309 e. The molecule has 0 radical (unpaired) electrons. The van der Waals surface area contributed by atoms with E-state index < -0.39 is 5.92 Å². The second kappa shape index (κ2) is 5.73. The van der Waals surface area contributed by atoms with Crippen LogP contribution in [0.25, 0.3) is 0 Å². The molecule has 1 aliphatic heterocycles. The highest BCUT2D eigenvalue weighted by atomic mass is 19.1. The van der Waals surface area contributed by atoms with E-state index in [9.17, 15) is 14.0 Å². The van der Waals surface area contributed by atoms with Crippen LogP contribution in [0.15, 0.2) is 18.2 Å². The third-order valence-electron chi connectivity index (χ3n) is 3.81. The van der Waals surface area contributed by atoms with Crippen LogP contribution in [0, 0.1) is 24.6 Å². The third kappa shape index (κ3) is 2.60. The normalized spacial score (nSPS) is 19.6. The monoisotopic (exact) mass is 277 g/mol. The molecule has 108 valence electrons. The van der Waals surface area contributed by atoms with E-state index in [0.717, 1.165) is 6.42 Å². The highest BCUT2D eigenvalue weighted by Crippen LogP contribution is 2.29. The van der Waals surface area contributed by atoms with Crippen molar-refractivity contribution in [1.29, 1.82) is 0 Å². The molecule has 0 bridgehead atoms. The van der Waals surface area contributed by atoms with Crippen molar-refractivity contribution in [2.45, 2.75) is 33.6 Å². The zero-order chi connectivity index (χ0) is 14.9. The maximum Gasteiger partial charge on any atom is 0.237 e. The lowest BCUT2D eigenvalue weighted by molar-refractivity contribution is -0.135. The first-order valence-electron chi connectivity index (χ1n) is 7.03. The lowest BCUT2D eigenvalue weighted by Gasteiger charge is -2.32. The molecule has 1 aromatic rings. The Morgan fingerprint density at radius 2 is 2.10 bits per heavy atom. The SMILES string of the molecule is Cc1cccc(N2CCC[C@@H](C(=O)C(C)C)C2=O)c1F. The predicted octanol–water partition coefficient (Wildman–Crippen LogP) is 3.10. The number of aryl methyl sites for hydroxylation is 1. The van der Waals surface area contributed by atoms with Crippen molar-refractivity contribution in [3.8, 4) is 0 Å². The second-order valence-corrected chi connectivity index (χ2v) is 5.65. The van der Waals surface area contributed by atoms with E-state index in [1.165, 1.54) is 4.90 Å². The summed E-state index contributed by atoms with van der Waals surface area (Å²) in [6.07, 6.45) is 1.29. The molecule has 0 aliphatic carbocycles. The molecule has 1 heterocycles. The Bertz CT molecular complexity index is 539. The molecule has 1 atom stereocenters. The third-order valence-corrected chi connectivity index (χ3v) is 3.81. The first-order chi connectivity index (χ1) is 9.43. The van der Waals surface area contributed by atoms with Crippen LogP contribution in [0.4, 0.5) is 10.1 Å². The van der Waals surface area contributed by atoms with E-state index >= 15 is 0 Å². The second-order valence-electron chi connectivity index (χ2n) is 5.65. The van der Waals surface area contributed by atoms with Crippen LogP contribution in [-0.2, 0) is 9.59 Å². The number of ketones is 1. The molecular formula is C16H20FNO2. The van der Waals surface area contributed by atoms with Gasteiger partial charge in [-0.15, -0.1) is 0 Å². The van der Waals surface area contributed by atoms with E-state index in [2.05, 4.69) is 0 Å². The molecule has 20 heavy (non-hydrogen) atoms. The predicted molar refractivity (Wildman–Crippen MR) is 76.1 cm³/mol. The number of benzene rings is 1. The molecule has 0 spiro atoms. The van der Waals surface area contributed by atoms with Gasteiger partial charge in [-0.3, -0.25) is 9.59 Å². The van der Waals surface area contributed by atoms with Crippen molar-refractivity contribution in [1.82, 2.24) is 0 Å². The van der Waals surface area contributed by atoms with E-state index in [1.54, 1.807) is 39.0 Å². The number of rotatable bonds is 3. The van der Waals surface area contributed by atoms with Gasteiger partial charge in [0.1, 0.15) is 11.6 Å². The van der Waals surface area contributed by atoms with Gasteiger partial charge in [0.05, 0.1) is 11.6 Å². The number of nitrogens with zero attached hydrogens (tertiary/aromatic N) is 1. The fourth-order valence-corrected chi connectivity index (χ4v) is 2.62. The van der Waals surface area contributed by atoms with Crippen LogP contribution in [0.2, 0.25) is 0 Å². The summed E-state index contributed by atoms with van der Waals surface area (Å²) in [5.74, 6) is -1.49. The van der Waals surface area contributed by atoms with E-state index in [1.807, 2.05) is 0 Å². The fraction of sp³-hybridized carbons (Fsp3) is 0.500. The van der Waals surface area contributed by atoms with Crippen LogP contribution in [0.3, 0.4) is 0 Å². The Labute approximate surface area is 118 Å². The van der Waals surface area contributed by atoms with Gasteiger partial charge in [-0.05, 0) is 31.4 Å². The number of halogens is 1. The van der Waals surface area contributed by atoms with Crippen LogP contribution in [-0.4, -0.2) is 18.2 Å². The summed E-state index contributed by atoms with van der Waals surface area (Å²) in [7, 11) is 0. The molecule has 2 rings (SSSR count). The molecule has 3 nitrogen and oxygen atoms in total. The van der Waals surface area contributed by atoms with Crippen molar-refractivity contribution >= 4 is 17.4 Å². The number of anilines is 1. The molecule has 1 amide bonds. The van der Waals surface area contributed by atoms with E-state index in [0.29, 0.717) is 18.5 Å². The number of hydrogen-bond donors (Lipinski definition) is 0. The van der Waals surface area contributed by atoms with Crippen molar-refractivity contribution in [3.63, 3.8) is 0 Å². The first kappa shape index (κ1) is 14.7. The molecule has 1 fully saturated rings. The average Bonchev–Trinajstić information content (AvgIpc) is 2.42. The Morgan fingerprint density at radius 1 is 1.40 bits per heavy atom.